The van der Waals surface area contributed by atoms with Crippen LogP contribution in [-0.2, 0) is 20.7 Å². The van der Waals surface area contributed by atoms with Crippen LogP contribution in [-0.4, -0.2) is 29.0 Å². The smallest absolute Gasteiger partial charge is 0.311 e. The van der Waals surface area contributed by atoms with Crippen LogP contribution in [0.5, 0.6) is 0 Å². The van der Waals surface area contributed by atoms with Crippen LogP contribution in [0.15, 0.2) is 30.5 Å². The van der Waals surface area contributed by atoms with Crippen LogP contribution in [0, 0.1) is 5.92 Å². The maximum absolute atomic E-state index is 12.3. The van der Waals surface area contributed by atoms with Crippen molar-refractivity contribution in [2.75, 3.05) is 0 Å². The lowest BCUT2D eigenvalue weighted by Crippen LogP contribution is -2.46. The molecule has 2 aromatic rings. The average molecular weight is 342 g/mol. The summed E-state index contributed by atoms with van der Waals surface area (Å²) in [6, 6.07) is 8.00. The summed E-state index contributed by atoms with van der Waals surface area (Å²) in [5.41, 5.74) is 1.87. The van der Waals surface area contributed by atoms with Gasteiger partial charge in [0.05, 0.1) is 6.42 Å². The van der Waals surface area contributed by atoms with Crippen LogP contribution < -0.4 is 5.32 Å². The van der Waals surface area contributed by atoms with E-state index in [-0.39, 0.29) is 24.3 Å². The van der Waals surface area contributed by atoms with Crippen LogP contribution in [0.25, 0.3) is 10.9 Å². The highest BCUT2D eigenvalue weighted by Gasteiger charge is 2.26. The molecule has 1 heterocycles. The fourth-order valence-electron chi connectivity index (χ4n) is 3.56. The fourth-order valence-corrected chi connectivity index (χ4v) is 3.56. The van der Waals surface area contributed by atoms with Crippen molar-refractivity contribution < 1.29 is 14.3 Å². The predicted octanol–water partition coefficient (Wildman–Crippen LogP) is 3.34. The molecule has 1 aliphatic carbocycles. The molecule has 0 aliphatic heterocycles. The Bertz CT molecular complexity index is 752. The Labute approximate surface area is 148 Å². The van der Waals surface area contributed by atoms with Crippen molar-refractivity contribution in [2.45, 2.75) is 58.1 Å². The summed E-state index contributed by atoms with van der Waals surface area (Å²) in [7, 11) is 0. The highest BCUT2D eigenvalue weighted by atomic mass is 16.5. The molecular weight excluding hydrogens is 316 g/mol. The average Bonchev–Trinajstić information content (AvgIpc) is 3.00. The highest BCUT2D eigenvalue weighted by molar-refractivity contribution is 5.88. The van der Waals surface area contributed by atoms with E-state index >= 15 is 0 Å². The predicted molar refractivity (Wildman–Crippen MR) is 97.1 cm³/mol. The van der Waals surface area contributed by atoms with Crippen molar-refractivity contribution in [1.82, 2.24) is 10.3 Å². The van der Waals surface area contributed by atoms with Crippen molar-refractivity contribution in [1.29, 1.82) is 0 Å². The van der Waals surface area contributed by atoms with E-state index in [1.165, 1.54) is 6.42 Å². The van der Waals surface area contributed by atoms with Gasteiger partial charge in [0.2, 0.25) is 0 Å². The number of esters is 1. The molecule has 1 fully saturated rings. The van der Waals surface area contributed by atoms with Crippen molar-refractivity contribution in [3.63, 3.8) is 0 Å². The zero-order chi connectivity index (χ0) is 17.8. The summed E-state index contributed by atoms with van der Waals surface area (Å²) in [5, 5.41) is 4.05. The Hall–Kier alpha value is -2.30. The Kier molecular flexibility index (Phi) is 5.41. The van der Waals surface area contributed by atoms with E-state index in [1.807, 2.05) is 30.5 Å². The summed E-state index contributed by atoms with van der Waals surface area (Å²) >= 11 is 0. The number of ether oxygens (including phenoxy) is 1. The first-order valence-corrected chi connectivity index (χ1v) is 9.09. The van der Waals surface area contributed by atoms with Gasteiger partial charge in [-0.3, -0.25) is 9.59 Å². The van der Waals surface area contributed by atoms with Crippen LogP contribution in [0.3, 0.4) is 0 Å². The second-order valence-electron chi connectivity index (χ2n) is 7.05. The van der Waals surface area contributed by atoms with E-state index in [0.29, 0.717) is 5.92 Å². The SMILES string of the molecule is C[C@@H]1CCCC[C@@H]1NC(=O)[C@@H](C)OC(=O)Cc1c[nH]c2ccccc12. The number of para-hydroxylation sites is 1. The molecular formula is C20H26N2O3. The Morgan fingerprint density at radius 1 is 1.28 bits per heavy atom. The number of nitrogens with one attached hydrogen (secondary N) is 2. The van der Waals surface area contributed by atoms with Crippen LogP contribution in [0.2, 0.25) is 0 Å². The van der Waals surface area contributed by atoms with Crippen LogP contribution in [0.1, 0.15) is 45.1 Å². The minimum atomic E-state index is -0.771. The third-order valence-corrected chi connectivity index (χ3v) is 5.13. The van der Waals surface area contributed by atoms with Crippen molar-refractivity contribution in [3.05, 3.63) is 36.0 Å². The molecule has 1 aromatic carbocycles. The number of H-pyrrole nitrogens is 1. The van der Waals surface area contributed by atoms with Gasteiger partial charge >= 0.3 is 5.97 Å². The molecule has 0 radical (unpaired) electrons. The van der Waals surface area contributed by atoms with Gasteiger partial charge < -0.3 is 15.0 Å². The van der Waals surface area contributed by atoms with Gasteiger partial charge in [0.25, 0.3) is 5.91 Å². The molecule has 0 bridgehead atoms. The number of amides is 1. The first-order chi connectivity index (χ1) is 12.0. The number of carbonyl (C=O) groups excluding carboxylic acids is 2. The summed E-state index contributed by atoms with van der Waals surface area (Å²) in [5.74, 6) is -0.109. The Balaban J connectivity index is 1.54. The molecule has 1 aromatic heterocycles. The number of rotatable bonds is 5. The molecule has 3 atom stereocenters. The lowest BCUT2D eigenvalue weighted by Gasteiger charge is -2.30. The van der Waals surface area contributed by atoms with E-state index in [0.717, 1.165) is 35.7 Å². The van der Waals surface area contributed by atoms with Gasteiger partial charge in [0.15, 0.2) is 6.10 Å². The largest absolute Gasteiger partial charge is 0.452 e. The summed E-state index contributed by atoms with van der Waals surface area (Å²) in [6.45, 7) is 3.80. The normalized spacial score (nSPS) is 21.7. The monoisotopic (exact) mass is 342 g/mol. The molecule has 25 heavy (non-hydrogen) atoms. The van der Waals surface area contributed by atoms with Gasteiger partial charge in [-0.1, -0.05) is 38.0 Å². The number of aromatic nitrogens is 1. The number of carbonyl (C=O) groups is 2. The maximum atomic E-state index is 12.3. The topological polar surface area (TPSA) is 71.2 Å². The molecule has 1 saturated carbocycles. The Morgan fingerprint density at radius 2 is 2.04 bits per heavy atom. The molecule has 0 saturated heterocycles. The maximum Gasteiger partial charge on any atom is 0.311 e. The van der Waals surface area contributed by atoms with Crippen LogP contribution in [0.4, 0.5) is 0 Å². The second kappa shape index (κ2) is 7.72. The van der Waals surface area contributed by atoms with Crippen molar-refractivity contribution in [2.24, 2.45) is 5.92 Å². The van der Waals surface area contributed by atoms with Crippen LogP contribution >= 0.6 is 0 Å². The van der Waals surface area contributed by atoms with E-state index < -0.39 is 6.10 Å². The van der Waals surface area contributed by atoms with Gasteiger partial charge in [-0.05, 0) is 37.3 Å². The highest BCUT2D eigenvalue weighted by Crippen LogP contribution is 2.24. The molecule has 0 unspecified atom stereocenters. The molecule has 5 heteroatoms. The minimum absolute atomic E-state index is 0.154. The van der Waals surface area contributed by atoms with Gasteiger partial charge in [0.1, 0.15) is 0 Å². The number of benzene rings is 1. The lowest BCUT2D eigenvalue weighted by molar-refractivity contribution is -0.154. The van der Waals surface area contributed by atoms with Crippen molar-refractivity contribution >= 4 is 22.8 Å². The quantitative estimate of drug-likeness (QED) is 0.819. The van der Waals surface area contributed by atoms with Gasteiger partial charge in [-0.2, -0.15) is 0 Å². The van der Waals surface area contributed by atoms with Gasteiger partial charge in [0, 0.05) is 23.1 Å². The van der Waals surface area contributed by atoms with E-state index in [9.17, 15) is 9.59 Å². The van der Waals surface area contributed by atoms with E-state index in [1.54, 1.807) is 6.92 Å². The fraction of sp³-hybridized carbons (Fsp3) is 0.500. The van der Waals surface area contributed by atoms with Gasteiger partial charge in [-0.15, -0.1) is 0 Å². The standard InChI is InChI=1S/C20H26N2O3/c1-13-7-3-5-9-17(13)22-20(24)14(2)25-19(23)11-15-12-21-18-10-6-4-8-16(15)18/h4,6,8,10,12-14,17,21H,3,5,7,9,11H2,1-2H3,(H,22,24)/t13-,14-,17+/m1/s1. The first-order valence-electron chi connectivity index (χ1n) is 9.09. The number of hydrogen-bond donors (Lipinski definition) is 2. The molecule has 5 nitrogen and oxygen atoms in total. The van der Waals surface area contributed by atoms with Gasteiger partial charge in [-0.25, -0.2) is 0 Å². The third kappa shape index (κ3) is 4.21. The first kappa shape index (κ1) is 17.5. The molecule has 134 valence electrons. The van der Waals surface area contributed by atoms with E-state index in [2.05, 4.69) is 17.2 Å². The number of hydrogen-bond acceptors (Lipinski definition) is 3. The summed E-state index contributed by atoms with van der Waals surface area (Å²) in [4.78, 5) is 27.7. The molecule has 3 rings (SSSR count). The summed E-state index contributed by atoms with van der Waals surface area (Å²) in [6.07, 6.45) is 5.71. The number of aromatic amines is 1. The molecule has 1 aliphatic rings. The molecule has 2 N–H and O–H groups in total. The summed E-state index contributed by atoms with van der Waals surface area (Å²) < 4.78 is 5.35. The lowest BCUT2D eigenvalue weighted by atomic mass is 9.86. The van der Waals surface area contributed by atoms with E-state index in [4.69, 9.17) is 4.74 Å². The Morgan fingerprint density at radius 3 is 2.84 bits per heavy atom. The minimum Gasteiger partial charge on any atom is -0.452 e. The zero-order valence-electron chi connectivity index (χ0n) is 14.9. The zero-order valence-corrected chi connectivity index (χ0v) is 14.9. The third-order valence-electron chi connectivity index (χ3n) is 5.13. The molecule has 0 spiro atoms. The number of fused-ring (bicyclic) bond motifs is 1. The second-order valence-corrected chi connectivity index (χ2v) is 7.05. The van der Waals surface area contributed by atoms with Crippen molar-refractivity contribution in [3.8, 4) is 0 Å². The molecule has 1 amide bonds.